The molecule has 1 amide bonds. The van der Waals surface area contributed by atoms with Crippen LogP contribution in [0.3, 0.4) is 0 Å². The third kappa shape index (κ3) is 7.19. The van der Waals surface area contributed by atoms with E-state index in [4.69, 9.17) is 9.47 Å². The van der Waals surface area contributed by atoms with Crippen molar-refractivity contribution < 1.29 is 14.3 Å². The second-order valence-electron chi connectivity index (χ2n) is 11.4. The first kappa shape index (κ1) is 30.6. The van der Waals surface area contributed by atoms with Crippen LogP contribution in [0.1, 0.15) is 35.7 Å². The highest BCUT2D eigenvalue weighted by Crippen LogP contribution is 2.35. The molecule has 0 spiro atoms. The lowest BCUT2D eigenvalue weighted by atomic mass is 10.1. The number of benzene rings is 2. The highest BCUT2D eigenvalue weighted by molar-refractivity contribution is 5.94. The van der Waals surface area contributed by atoms with Crippen LogP contribution in [0.5, 0.6) is 11.5 Å². The first-order valence-corrected chi connectivity index (χ1v) is 14.8. The van der Waals surface area contributed by atoms with E-state index in [0.717, 1.165) is 40.5 Å². The van der Waals surface area contributed by atoms with Gasteiger partial charge < -0.3 is 24.2 Å². The van der Waals surface area contributed by atoms with E-state index in [-0.39, 0.29) is 24.4 Å². The molecule has 4 aromatic rings. The van der Waals surface area contributed by atoms with Gasteiger partial charge in [0.25, 0.3) is 5.91 Å². The third-order valence-electron chi connectivity index (χ3n) is 7.90. The number of nitrogens with zero attached hydrogens (tertiary/aromatic N) is 7. The van der Waals surface area contributed by atoms with E-state index < -0.39 is 0 Å². The lowest BCUT2D eigenvalue weighted by Gasteiger charge is -2.35. The Balaban J connectivity index is 0.00000368. The van der Waals surface area contributed by atoms with Gasteiger partial charge in [-0.05, 0) is 81.7 Å². The van der Waals surface area contributed by atoms with Gasteiger partial charge in [0.2, 0.25) is 0 Å². The van der Waals surface area contributed by atoms with E-state index in [1.807, 2.05) is 65.2 Å². The summed E-state index contributed by atoms with van der Waals surface area (Å²) in [6, 6.07) is 15.7. The molecule has 1 saturated carbocycles. The fourth-order valence-electron chi connectivity index (χ4n) is 5.59. The molecule has 1 aliphatic heterocycles. The number of carbonyl (C=O) groups is 1. The molecule has 2 fully saturated rings. The van der Waals surface area contributed by atoms with Gasteiger partial charge in [-0.25, -0.2) is 14.6 Å². The van der Waals surface area contributed by atoms with E-state index >= 15 is 0 Å². The molecule has 11 heteroatoms. The molecule has 1 aliphatic carbocycles. The molecular weight excluding hydrogens is 566 g/mol. The molecule has 1 saturated heterocycles. The molecule has 0 bridgehead atoms. The van der Waals surface area contributed by atoms with Crippen LogP contribution in [0, 0.1) is 5.92 Å². The Hall–Kier alpha value is -3.89. The minimum Gasteiger partial charge on any atom is -0.494 e. The van der Waals surface area contributed by atoms with Gasteiger partial charge in [-0.1, -0.05) is 12.1 Å². The molecule has 0 N–H and O–H groups in total. The maximum absolute atomic E-state index is 13.3. The van der Waals surface area contributed by atoms with E-state index in [9.17, 15) is 4.79 Å². The largest absolute Gasteiger partial charge is 0.494 e. The van der Waals surface area contributed by atoms with Crippen LogP contribution in [-0.2, 0) is 6.54 Å². The number of anilines is 1. The van der Waals surface area contributed by atoms with E-state index in [1.165, 1.54) is 12.8 Å². The SMILES string of the molecule is CCOc1cccc(Cn2ncc3c(N4CCN(C(=O)c5ccc(OC(CN(C)C)C6CC6)cc5)CC4)ncnc32)c1.Cl. The first-order valence-electron chi connectivity index (χ1n) is 14.8. The lowest BCUT2D eigenvalue weighted by Crippen LogP contribution is -2.49. The number of carbonyl (C=O) groups excluding carboxylic acids is 1. The molecule has 43 heavy (non-hydrogen) atoms. The summed E-state index contributed by atoms with van der Waals surface area (Å²) >= 11 is 0. The van der Waals surface area contributed by atoms with Gasteiger partial charge in [-0.2, -0.15) is 5.10 Å². The summed E-state index contributed by atoms with van der Waals surface area (Å²) in [5.41, 5.74) is 2.57. The van der Waals surface area contributed by atoms with Crippen molar-refractivity contribution in [1.82, 2.24) is 29.5 Å². The molecule has 1 atom stereocenters. The Bertz CT molecular complexity index is 1520. The number of hydrogen-bond donors (Lipinski definition) is 0. The maximum atomic E-state index is 13.3. The number of likely N-dealkylation sites (N-methyl/N-ethyl adjacent to an activating group) is 1. The fourth-order valence-corrected chi connectivity index (χ4v) is 5.59. The van der Waals surface area contributed by atoms with Crippen molar-refractivity contribution in [2.45, 2.75) is 32.4 Å². The van der Waals surface area contributed by atoms with Crippen LogP contribution in [0.4, 0.5) is 5.82 Å². The average Bonchev–Trinajstić information content (AvgIpc) is 3.78. The minimum atomic E-state index is 0. The monoisotopic (exact) mass is 605 g/mol. The third-order valence-corrected chi connectivity index (χ3v) is 7.90. The molecule has 2 aliphatic rings. The smallest absolute Gasteiger partial charge is 0.253 e. The molecular formula is C32H40ClN7O3. The summed E-state index contributed by atoms with van der Waals surface area (Å²) in [5, 5.41) is 5.54. The summed E-state index contributed by atoms with van der Waals surface area (Å²) in [6.45, 7) is 6.71. The zero-order valence-electron chi connectivity index (χ0n) is 25.1. The number of piperazine rings is 1. The van der Waals surface area contributed by atoms with Crippen LogP contribution >= 0.6 is 12.4 Å². The van der Waals surface area contributed by atoms with E-state index in [1.54, 1.807) is 6.33 Å². The second-order valence-corrected chi connectivity index (χ2v) is 11.4. The van der Waals surface area contributed by atoms with Gasteiger partial charge in [0.05, 0.1) is 24.7 Å². The lowest BCUT2D eigenvalue weighted by molar-refractivity contribution is 0.0746. The van der Waals surface area contributed by atoms with Crippen LogP contribution in [-0.4, -0.2) is 95.0 Å². The highest BCUT2D eigenvalue weighted by Gasteiger charge is 2.33. The standard InChI is InChI=1S/C32H39N7O3.ClH/c1-4-41-27-7-5-6-23(18-27)20-39-31-28(19-35-39)30(33-22-34-31)37-14-16-38(17-15-37)32(40)25-10-12-26(13-11-25)42-29(21-36(2)3)24-8-9-24;/h5-7,10-13,18-19,22,24,29H,4,8-9,14-17,20-21H2,1-3H3;1H. The van der Waals surface area contributed by atoms with Gasteiger partial charge in [0.15, 0.2) is 5.65 Å². The van der Waals surface area contributed by atoms with Crippen molar-refractivity contribution in [3.8, 4) is 11.5 Å². The Kier molecular flexibility index (Phi) is 9.67. The Morgan fingerprint density at radius 3 is 2.49 bits per heavy atom. The van der Waals surface area contributed by atoms with Crippen LogP contribution in [0.15, 0.2) is 61.1 Å². The number of rotatable bonds is 11. The number of fused-ring (bicyclic) bond motifs is 1. The van der Waals surface area contributed by atoms with Gasteiger partial charge in [0, 0.05) is 38.3 Å². The summed E-state index contributed by atoms with van der Waals surface area (Å²) in [7, 11) is 4.15. The highest BCUT2D eigenvalue weighted by atomic mass is 35.5. The minimum absolute atomic E-state index is 0. The number of halogens is 1. The van der Waals surface area contributed by atoms with Crippen molar-refractivity contribution in [2.75, 3.05) is 58.3 Å². The average molecular weight is 606 g/mol. The van der Waals surface area contributed by atoms with Gasteiger partial charge in [-0.15, -0.1) is 12.4 Å². The number of aromatic nitrogens is 4. The number of ether oxygens (including phenoxy) is 2. The van der Waals surface area contributed by atoms with Gasteiger partial charge in [-0.3, -0.25) is 4.79 Å². The second kappa shape index (κ2) is 13.6. The van der Waals surface area contributed by atoms with Crippen molar-refractivity contribution in [3.63, 3.8) is 0 Å². The molecule has 228 valence electrons. The van der Waals surface area contributed by atoms with Crippen molar-refractivity contribution >= 4 is 35.2 Å². The van der Waals surface area contributed by atoms with Gasteiger partial charge >= 0.3 is 0 Å². The zero-order valence-corrected chi connectivity index (χ0v) is 25.9. The Morgan fingerprint density at radius 1 is 1.02 bits per heavy atom. The van der Waals surface area contributed by atoms with Gasteiger partial charge in [0.1, 0.15) is 29.7 Å². The predicted octanol–water partition coefficient (Wildman–Crippen LogP) is 4.38. The van der Waals surface area contributed by atoms with Crippen LogP contribution < -0.4 is 14.4 Å². The molecule has 2 aromatic carbocycles. The van der Waals surface area contributed by atoms with E-state index in [2.05, 4.69) is 45.0 Å². The van der Waals surface area contributed by atoms with Crippen molar-refractivity contribution in [1.29, 1.82) is 0 Å². The first-order chi connectivity index (χ1) is 20.5. The van der Waals surface area contributed by atoms with Crippen LogP contribution in [0.25, 0.3) is 11.0 Å². The summed E-state index contributed by atoms with van der Waals surface area (Å²) in [4.78, 5) is 28.8. The summed E-state index contributed by atoms with van der Waals surface area (Å²) in [6.07, 6.45) is 6.09. The van der Waals surface area contributed by atoms with E-state index in [0.29, 0.717) is 50.8 Å². The molecule has 1 unspecified atom stereocenters. The number of amides is 1. The van der Waals surface area contributed by atoms with Crippen molar-refractivity contribution in [3.05, 3.63) is 72.2 Å². The predicted molar refractivity (Wildman–Crippen MR) is 170 cm³/mol. The Morgan fingerprint density at radius 2 is 1.79 bits per heavy atom. The molecule has 0 radical (unpaired) electrons. The maximum Gasteiger partial charge on any atom is 0.253 e. The Labute approximate surface area is 259 Å². The van der Waals surface area contributed by atoms with Crippen LogP contribution in [0.2, 0.25) is 0 Å². The number of hydrogen-bond acceptors (Lipinski definition) is 8. The topological polar surface area (TPSA) is 88.9 Å². The molecule has 10 nitrogen and oxygen atoms in total. The zero-order chi connectivity index (χ0) is 29.1. The quantitative estimate of drug-likeness (QED) is 0.249. The fraction of sp³-hybridized carbons (Fsp3) is 0.438. The summed E-state index contributed by atoms with van der Waals surface area (Å²) < 4.78 is 13.8. The van der Waals surface area contributed by atoms with Crippen molar-refractivity contribution in [2.24, 2.45) is 5.92 Å². The molecule has 2 aromatic heterocycles. The normalized spacial score (nSPS) is 15.8. The molecule has 3 heterocycles. The molecule has 6 rings (SSSR count). The summed E-state index contributed by atoms with van der Waals surface area (Å²) in [5.74, 6) is 3.20.